The van der Waals surface area contributed by atoms with Crippen LogP contribution in [0.5, 0.6) is 0 Å². The molecule has 0 saturated carbocycles. The summed E-state index contributed by atoms with van der Waals surface area (Å²) in [7, 11) is 0. The van der Waals surface area contributed by atoms with Crippen molar-refractivity contribution in [3.8, 4) is 10.4 Å². The molecule has 2 aromatic rings. The molecule has 2 heterocycles. The lowest BCUT2D eigenvalue weighted by atomic mass is 10.2. The van der Waals surface area contributed by atoms with Gasteiger partial charge in [-0.3, -0.25) is 4.98 Å². The van der Waals surface area contributed by atoms with Crippen LogP contribution in [-0.2, 0) is 0 Å². The largest absolute Gasteiger partial charge is 0.256 e. The number of rotatable bonds is 0. The van der Waals surface area contributed by atoms with Gasteiger partial charge in [0, 0.05) is 17.8 Å². The summed E-state index contributed by atoms with van der Waals surface area (Å²) in [6.45, 7) is 0. The van der Waals surface area contributed by atoms with E-state index in [-0.39, 0.29) is 0 Å². The van der Waals surface area contributed by atoms with Crippen molar-refractivity contribution in [3.63, 3.8) is 0 Å². The molecule has 0 unspecified atom stereocenters. The van der Waals surface area contributed by atoms with Crippen molar-refractivity contribution >= 4 is 22.4 Å². The molecule has 0 saturated heterocycles. The van der Waals surface area contributed by atoms with Gasteiger partial charge in [0.1, 0.15) is 0 Å². The zero-order valence-electron chi connectivity index (χ0n) is 10.2. The molecule has 92 valence electrons. The minimum Gasteiger partial charge on any atom is -0.256 e. The van der Waals surface area contributed by atoms with Gasteiger partial charge in [0.15, 0.2) is 0 Å². The highest BCUT2D eigenvalue weighted by atomic mass is 32.1. The smallest absolute Gasteiger partial charge is 0.0701 e. The molecule has 4 rings (SSSR count). The van der Waals surface area contributed by atoms with Crippen LogP contribution < -0.4 is 0 Å². The average Bonchev–Trinajstić information content (AvgIpc) is 2.96. The van der Waals surface area contributed by atoms with E-state index in [1.165, 1.54) is 27.4 Å². The highest BCUT2D eigenvalue weighted by molar-refractivity contribution is 7.09. The van der Waals surface area contributed by atoms with Crippen LogP contribution in [0.25, 0.3) is 21.3 Å². The molecule has 19 heavy (non-hydrogen) atoms. The number of benzene rings is 1. The number of hydrogen-bond acceptors (Lipinski definition) is 3. The van der Waals surface area contributed by atoms with E-state index in [0.717, 1.165) is 5.52 Å². The first-order valence-electron chi connectivity index (χ1n) is 6.03. The van der Waals surface area contributed by atoms with E-state index in [9.17, 15) is 0 Å². The summed E-state index contributed by atoms with van der Waals surface area (Å²) < 4.78 is 4.03. The summed E-state index contributed by atoms with van der Waals surface area (Å²) >= 11 is 1.53. The quantitative estimate of drug-likeness (QED) is 0.468. The molecule has 0 bridgehead atoms. The third kappa shape index (κ3) is 2.77. The lowest BCUT2D eigenvalue weighted by molar-refractivity contribution is 1.41. The van der Waals surface area contributed by atoms with Gasteiger partial charge in [0.25, 0.3) is 0 Å². The molecule has 0 N–H and O–H groups in total. The number of aromatic nitrogens is 2. The molecular weight excluding hydrogens is 252 g/mol. The standard InChI is InChI=1S/C9H7N.C7H5NS/c1-2-6-9-8(4-1)5-3-7-10-9;1-2-6-4-5-8-9-7(6)3-1/h1-7H;1-5H. The minimum atomic E-state index is 1.06. The van der Waals surface area contributed by atoms with Crippen molar-refractivity contribution < 1.29 is 0 Å². The zero-order valence-corrected chi connectivity index (χ0v) is 11.0. The number of pyridine rings is 1. The molecule has 1 aliphatic heterocycles. The van der Waals surface area contributed by atoms with E-state index in [2.05, 4.69) is 33.6 Å². The summed E-state index contributed by atoms with van der Waals surface area (Å²) in [5.41, 5.74) is 2.35. The third-order valence-corrected chi connectivity index (χ3v) is 3.58. The maximum absolute atomic E-state index is 4.18. The van der Waals surface area contributed by atoms with Crippen molar-refractivity contribution in [3.05, 3.63) is 73.1 Å². The molecule has 0 fully saturated rings. The van der Waals surface area contributed by atoms with Crippen LogP contribution >= 0.6 is 11.5 Å². The van der Waals surface area contributed by atoms with E-state index in [0.29, 0.717) is 0 Å². The first-order valence-corrected chi connectivity index (χ1v) is 6.80. The van der Waals surface area contributed by atoms with E-state index in [4.69, 9.17) is 0 Å². The zero-order chi connectivity index (χ0) is 12.9. The Bertz CT molecular complexity index is 656. The van der Waals surface area contributed by atoms with Crippen LogP contribution in [0.15, 0.2) is 73.1 Å². The first-order chi connectivity index (χ1) is 9.43. The third-order valence-electron chi connectivity index (χ3n) is 2.79. The fourth-order valence-corrected chi connectivity index (χ4v) is 2.47. The van der Waals surface area contributed by atoms with E-state index < -0.39 is 0 Å². The molecule has 0 spiro atoms. The molecule has 1 aromatic heterocycles. The molecule has 1 aliphatic carbocycles. The minimum absolute atomic E-state index is 1.06. The summed E-state index contributed by atoms with van der Waals surface area (Å²) in [5, 5.41) is 1.20. The van der Waals surface area contributed by atoms with Gasteiger partial charge in [-0.15, -0.1) is 0 Å². The predicted molar refractivity (Wildman–Crippen MR) is 80.5 cm³/mol. The summed E-state index contributed by atoms with van der Waals surface area (Å²) in [6.07, 6.45) is 3.63. The number of hydrogen-bond donors (Lipinski definition) is 0. The molecular formula is C16H12N2S. The maximum Gasteiger partial charge on any atom is 0.0701 e. The Morgan fingerprint density at radius 2 is 1.63 bits per heavy atom. The van der Waals surface area contributed by atoms with E-state index in [1.54, 1.807) is 0 Å². The van der Waals surface area contributed by atoms with Crippen LogP contribution in [0.3, 0.4) is 0 Å². The van der Waals surface area contributed by atoms with Gasteiger partial charge in [-0.25, -0.2) is 4.37 Å². The lowest BCUT2D eigenvalue weighted by Gasteiger charge is -1.91. The highest BCUT2D eigenvalue weighted by Crippen LogP contribution is 2.23. The Hall–Kier alpha value is -2.26. The van der Waals surface area contributed by atoms with Crippen molar-refractivity contribution in [2.24, 2.45) is 0 Å². The Labute approximate surface area is 115 Å². The number of para-hydroxylation sites is 1. The molecule has 0 amide bonds. The van der Waals surface area contributed by atoms with Crippen LogP contribution in [0.1, 0.15) is 0 Å². The Balaban J connectivity index is 0.000000117. The SMILES string of the molecule is c1cc2ccnsc-2c1.c1ccc2ncccc2c1. The van der Waals surface area contributed by atoms with Crippen LogP contribution in [0.2, 0.25) is 0 Å². The van der Waals surface area contributed by atoms with E-state index in [1.807, 2.05) is 48.8 Å². The highest BCUT2D eigenvalue weighted by Gasteiger charge is 1.98. The van der Waals surface area contributed by atoms with Gasteiger partial charge >= 0.3 is 0 Å². The molecule has 2 nitrogen and oxygen atoms in total. The monoisotopic (exact) mass is 264 g/mol. The summed E-state index contributed by atoms with van der Waals surface area (Å²) in [4.78, 5) is 5.44. The normalized spacial score (nSPS) is 10.1. The molecule has 3 heteroatoms. The second-order valence-corrected chi connectivity index (χ2v) is 4.89. The fourth-order valence-electron chi connectivity index (χ4n) is 1.85. The Kier molecular flexibility index (Phi) is 3.47. The van der Waals surface area contributed by atoms with Crippen molar-refractivity contribution in [1.29, 1.82) is 0 Å². The second-order valence-electron chi connectivity index (χ2n) is 4.05. The van der Waals surface area contributed by atoms with Crippen LogP contribution in [-0.4, -0.2) is 9.36 Å². The average molecular weight is 264 g/mol. The molecule has 2 aliphatic rings. The topological polar surface area (TPSA) is 25.8 Å². The van der Waals surface area contributed by atoms with Crippen molar-refractivity contribution in [2.45, 2.75) is 0 Å². The van der Waals surface area contributed by atoms with Crippen LogP contribution in [0.4, 0.5) is 0 Å². The van der Waals surface area contributed by atoms with Crippen molar-refractivity contribution in [1.82, 2.24) is 9.36 Å². The van der Waals surface area contributed by atoms with Crippen LogP contribution in [0, 0.1) is 0 Å². The summed E-state index contributed by atoms with van der Waals surface area (Å²) in [5.74, 6) is 0. The Morgan fingerprint density at radius 1 is 0.737 bits per heavy atom. The number of nitrogens with zero attached hydrogens (tertiary/aromatic N) is 2. The van der Waals surface area contributed by atoms with Crippen molar-refractivity contribution in [2.75, 3.05) is 0 Å². The van der Waals surface area contributed by atoms with Gasteiger partial charge in [0.05, 0.1) is 10.4 Å². The fraction of sp³-hybridized carbons (Fsp3) is 0. The lowest BCUT2D eigenvalue weighted by Crippen LogP contribution is -1.73. The second kappa shape index (κ2) is 5.59. The van der Waals surface area contributed by atoms with Gasteiger partial charge in [-0.05, 0) is 41.4 Å². The van der Waals surface area contributed by atoms with Gasteiger partial charge in [0.2, 0.25) is 0 Å². The predicted octanol–water partition coefficient (Wildman–Crippen LogP) is 4.48. The van der Waals surface area contributed by atoms with Gasteiger partial charge < -0.3 is 0 Å². The Morgan fingerprint density at radius 3 is 2.53 bits per heavy atom. The summed E-state index contributed by atoms with van der Waals surface area (Å²) in [6, 6.07) is 20.3. The van der Waals surface area contributed by atoms with Gasteiger partial charge in [-0.2, -0.15) is 0 Å². The maximum atomic E-state index is 4.18. The molecule has 0 atom stereocenters. The molecule has 0 radical (unpaired) electrons. The number of fused-ring (bicyclic) bond motifs is 2. The molecule has 1 aromatic carbocycles. The van der Waals surface area contributed by atoms with Gasteiger partial charge in [-0.1, -0.05) is 36.4 Å². The van der Waals surface area contributed by atoms with E-state index >= 15 is 0 Å². The first kappa shape index (κ1) is 11.8.